The van der Waals surface area contributed by atoms with Gasteiger partial charge in [0, 0.05) is 6.04 Å². The van der Waals surface area contributed by atoms with Crippen LogP contribution in [0.1, 0.15) is 48.8 Å². The van der Waals surface area contributed by atoms with Crippen LogP contribution >= 0.6 is 11.3 Å². The van der Waals surface area contributed by atoms with Gasteiger partial charge in [-0.15, -0.1) is 11.3 Å². The molecule has 1 aliphatic rings. The van der Waals surface area contributed by atoms with Crippen LogP contribution in [0, 0.1) is 6.92 Å². The minimum absolute atomic E-state index is 0.0474. The second-order valence-corrected chi connectivity index (χ2v) is 10.8. The molecule has 0 aromatic carbocycles. The molecule has 1 amide bonds. The molecule has 0 spiro atoms. The van der Waals surface area contributed by atoms with Gasteiger partial charge in [-0.1, -0.05) is 13.0 Å². The number of hydrogen-bond donors (Lipinski definition) is 1. The number of pyridine rings is 1. The molecule has 1 fully saturated rings. The van der Waals surface area contributed by atoms with Crippen molar-refractivity contribution in [3.63, 3.8) is 0 Å². The number of thiophene rings is 1. The summed E-state index contributed by atoms with van der Waals surface area (Å²) in [6, 6.07) is 5.51. The number of carbonyl (C=O) groups excluding carboxylic acids is 1. The van der Waals surface area contributed by atoms with Crippen molar-refractivity contribution in [3.05, 3.63) is 34.8 Å². The zero-order chi connectivity index (χ0) is 20.8. The quantitative estimate of drug-likeness (QED) is 0.667. The maximum Gasteiger partial charge on any atom is 0.252 e. The third-order valence-corrected chi connectivity index (χ3v) is 8.04. The van der Waals surface area contributed by atoms with Gasteiger partial charge in [0.25, 0.3) is 5.91 Å². The Kier molecular flexibility index (Phi) is 5.20. The molecule has 7 nitrogen and oxygen atoms in total. The van der Waals surface area contributed by atoms with Crippen LogP contribution in [0.15, 0.2) is 23.6 Å². The van der Waals surface area contributed by atoms with Crippen molar-refractivity contribution in [3.8, 4) is 10.6 Å². The molecule has 29 heavy (non-hydrogen) atoms. The summed E-state index contributed by atoms with van der Waals surface area (Å²) in [7, 11) is -3.07. The monoisotopic (exact) mass is 432 g/mol. The minimum atomic E-state index is -3.07. The number of amides is 1. The number of nitrogens with zero attached hydrogens (tertiary/aromatic N) is 3. The predicted octanol–water partition coefficient (Wildman–Crippen LogP) is 3.36. The van der Waals surface area contributed by atoms with E-state index >= 15 is 0 Å². The molecule has 1 N–H and O–H groups in total. The first-order valence-electron chi connectivity index (χ1n) is 9.74. The lowest BCUT2D eigenvalue weighted by molar-refractivity contribution is 0.0941. The van der Waals surface area contributed by atoms with Crippen molar-refractivity contribution in [1.29, 1.82) is 0 Å². The summed E-state index contributed by atoms with van der Waals surface area (Å²) in [6.45, 7) is 5.83. The van der Waals surface area contributed by atoms with Crippen molar-refractivity contribution < 1.29 is 13.2 Å². The summed E-state index contributed by atoms with van der Waals surface area (Å²) < 4.78 is 25.7. The maximum absolute atomic E-state index is 13.1. The largest absolute Gasteiger partial charge is 0.350 e. The molecule has 1 saturated heterocycles. The normalized spacial score (nSPS) is 19.5. The summed E-state index contributed by atoms with van der Waals surface area (Å²) in [4.78, 5) is 18.8. The number of aromatic nitrogens is 3. The van der Waals surface area contributed by atoms with Gasteiger partial charge in [0.05, 0.1) is 44.8 Å². The fourth-order valence-corrected chi connectivity index (χ4v) is 6.05. The molecule has 3 aromatic rings. The standard InChI is InChI=1S/C20H24N4O3S2/c1-4-12(2)21-20(25)15-10-16(17-6-5-8-28-17)22-19-18(15)13(3)23-24(19)14-7-9-29(26,27)11-14/h5-6,8,10,12,14H,4,7,9,11H2,1-3H3,(H,21,25). The van der Waals surface area contributed by atoms with Gasteiger partial charge in [-0.2, -0.15) is 5.10 Å². The first kappa shape index (κ1) is 20.0. The van der Waals surface area contributed by atoms with E-state index in [1.165, 1.54) is 0 Å². The number of aryl methyl sites for hydroxylation is 1. The lowest BCUT2D eigenvalue weighted by atomic mass is 10.1. The van der Waals surface area contributed by atoms with Gasteiger partial charge in [0.15, 0.2) is 15.5 Å². The Morgan fingerprint density at radius 1 is 1.45 bits per heavy atom. The number of rotatable bonds is 5. The number of hydrogen-bond acceptors (Lipinski definition) is 6. The molecule has 0 bridgehead atoms. The first-order valence-corrected chi connectivity index (χ1v) is 12.4. The Morgan fingerprint density at radius 3 is 2.86 bits per heavy atom. The van der Waals surface area contributed by atoms with E-state index in [1.54, 1.807) is 16.0 Å². The molecular weight excluding hydrogens is 408 g/mol. The Hall–Kier alpha value is -2.26. The van der Waals surface area contributed by atoms with E-state index in [4.69, 9.17) is 4.98 Å². The van der Waals surface area contributed by atoms with Crippen molar-refractivity contribution in [2.75, 3.05) is 11.5 Å². The highest BCUT2D eigenvalue weighted by molar-refractivity contribution is 7.91. The molecule has 4 heterocycles. The topological polar surface area (TPSA) is 93.9 Å². The summed E-state index contributed by atoms with van der Waals surface area (Å²) in [5.41, 5.74) is 2.49. The van der Waals surface area contributed by atoms with E-state index in [1.807, 2.05) is 44.4 Å². The van der Waals surface area contributed by atoms with E-state index in [-0.39, 0.29) is 29.5 Å². The van der Waals surface area contributed by atoms with E-state index < -0.39 is 9.84 Å². The number of sulfone groups is 1. The Labute approximate surface area is 174 Å². The van der Waals surface area contributed by atoms with Crippen molar-refractivity contribution in [2.24, 2.45) is 0 Å². The van der Waals surface area contributed by atoms with Crippen LogP contribution < -0.4 is 5.32 Å². The Morgan fingerprint density at radius 2 is 2.24 bits per heavy atom. The highest BCUT2D eigenvalue weighted by atomic mass is 32.2. The molecular formula is C20H24N4O3S2. The fourth-order valence-electron chi connectivity index (χ4n) is 3.67. The average Bonchev–Trinajstić information content (AvgIpc) is 3.40. The van der Waals surface area contributed by atoms with Gasteiger partial charge >= 0.3 is 0 Å². The Bertz CT molecular complexity index is 1170. The van der Waals surface area contributed by atoms with Crippen molar-refractivity contribution in [1.82, 2.24) is 20.1 Å². The number of nitrogens with one attached hydrogen (secondary N) is 1. The third kappa shape index (κ3) is 3.81. The molecule has 154 valence electrons. The predicted molar refractivity (Wildman–Crippen MR) is 115 cm³/mol. The molecule has 1 aliphatic heterocycles. The summed E-state index contributed by atoms with van der Waals surface area (Å²) in [5.74, 6) is 0.0540. The SMILES string of the molecule is CCC(C)NC(=O)c1cc(-c2cccs2)nc2c1c(C)nn2C1CCS(=O)(=O)C1. The molecule has 0 radical (unpaired) electrons. The molecule has 0 saturated carbocycles. The molecule has 4 rings (SSSR count). The first-order chi connectivity index (χ1) is 13.8. The second-order valence-electron chi connectivity index (χ2n) is 7.60. The van der Waals surface area contributed by atoms with Gasteiger partial charge in [-0.05, 0) is 44.2 Å². The Balaban J connectivity index is 1.91. The van der Waals surface area contributed by atoms with E-state index in [0.29, 0.717) is 34.4 Å². The van der Waals surface area contributed by atoms with E-state index in [0.717, 1.165) is 11.3 Å². The van der Waals surface area contributed by atoms with Crippen LogP contribution in [-0.4, -0.2) is 46.6 Å². The van der Waals surface area contributed by atoms with Crippen LogP contribution in [0.3, 0.4) is 0 Å². The molecule has 2 unspecified atom stereocenters. The second kappa shape index (κ2) is 7.53. The van der Waals surface area contributed by atoms with Gasteiger partial charge in [-0.3, -0.25) is 4.79 Å². The zero-order valence-corrected chi connectivity index (χ0v) is 18.3. The van der Waals surface area contributed by atoms with Crippen LogP contribution in [0.5, 0.6) is 0 Å². The van der Waals surface area contributed by atoms with Crippen molar-refractivity contribution in [2.45, 2.75) is 45.7 Å². The van der Waals surface area contributed by atoms with Gasteiger partial charge in [-0.25, -0.2) is 18.1 Å². The molecule has 0 aliphatic carbocycles. The number of fused-ring (bicyclic) bond motifs is 1. The fraction of sp³-hybridized carbons (Fsp3) is 0.450. The van der Waals surface area contributed by atoms with Crippen molar-refractivity contribution >= 4 is 38.1 Å². The molecule has 3 aromatic heterocycles. The average molecular weight is 433 g/mol. The highest BCUT2D eigenvalue weighted by Crippen LogP contribution is 2.33. The lowest BCUT2D eigenvalue weighted by Crippen LogP contribution is -2.32. The minimum Gasteiger partial charge on any atom is -0.350 e. The van der Waals surface area contributed by atoms with Crippen LogP contribution in [0.25, 0.3) is 21.6 Å². The van der Waals surface area contributed by atoms with E-state index in [9.17, 15) is 13.2 Å². The lowest BCUT2D eigenvalue weighted by Gasteiger charge is -2.14. The van der Waals surface area contributed by atoms with Crippen LogP contribution in [0.2, 0.25) is 0 Å². The molecule has 2 atom stereocenters. The zero-order valence-electron chi connectivity index (χ0n) is 16.7. The summed E-state index contributed by atoms with van der Waals surface area (Å²) >= 11 is 1.55. The molecule has 9 heteroatoms. The highest BCUT2D eigenvalue weighted by Gasteiger charge is 2.32. The van der Waals surface area contributed by atoms with Gasteiger partial charge in [0.1, 0.15) is 0 Å². The smallest absolute Gasteiger partial charge is 0.252 e. The van der Waals surface area contributed by atoms with Crippen LogP contribution in [0.4, 0.5) is 0 Å². The maximum atomic E-state index is 13.1. The van der Waals surface area contributed by atoms with E-state index in [2.05, 4.69) is 10.4 Å². The number of carbonyl (C=O) groups is 1. The summed E-state index contributed by atoms with van der Waals surface area (Å²) in [6.07, 6.45) is 1.34. The van der Waals surface area contributed by atoms with Gasteiger partial charge < -0.3 is 5.32 Å². The van der Waals surface area contributed by atoms with Crippen LogP contribution in [-0.2, 0) is 9.84 Å². The summed E-state index contributed by atoms with van der Waals surface area (Å²) in [5, 5.41) is 10.3. The van der Waals surface area contributed by atoms with Gasteiger partial charge in [0.2, 0.25) is 0 Å². The third-order valence-electron chi connectivity index (χ3n) is 5.40.